The van der Waals surface area contributed by atoms with E-state index < -0.39 is 0 Å². The van der Waals surface area contributed by atoms with Crippen LogP contribution in [0, 0.1) is 11.3 Å². The Morgan fingerprint density at radius 3 is 2.78 bits per heavy atom. The van der Waals surface area contributed by atoms with Crippen LogP contribution in [0.1, 0.15) is 11.1 Å². The second-order valence-corrected chi connectivity index (χ2v) is 4.46. The van der Waals surface area contributed by atoms with Crippen molar-refractivity contribution in [3.8, 4) is 17.2 Å². The third-order valence-electron chi connectivity index (χ3n) is 2.74. The monoisotopic (exact) mass is 256 g/mol. The summed E-state index contributed by atoms with van der Waals surface area (Å²) in [6.45, 7) is 0.743. The van der Waals surface area contributed by atoms with Gasteiger partial charge in [0.2, 0.25) is 0 Å². The molecule has 0 atom stereocenters. The number of hydrogen-bond acceptors (Lipinski definition) is 2. The molecule has 0 fully saturated rings. The first kappa shape index (κ1) is 12.6. The number of nitrogens with one attached hydrogen (secondary N) is 1. The van der Waals surface area contributed by atoms with Crippen LogP contribution in [0.15, 0.2) is 42.5 Å². The van der Waals surface area contributed by atoms with Crippen molar-refractivity contribution in [1.29, 1.82) is 5.26 Å². The Labute approximate surface area is 112 Å². The van der Waals surface area contributed by atoms with Crippen LogP contribution >= 0.6 is 11.6 Å². The molecule has 2 aromatic carbocycles. The molecule has 0 aliphatic heterocycles. The van der Waals surface area contributed by atoms with Gasteiger partial charge >= 0.3 is 0 Å². The molecule has 0 radical (unpaired) electrons. The summed E-state index contributed by atoms with van der Waals surface area (Å²) in [7, 11) is 1.90. The zero-order valence-corrected chi connectivity index (χ0v) is 10.8. The molecule has 0 saturated carbocycles. The van der Waals surface area contributed by atoms with Crippen molar-refractivity contribution < 1.29 is 0 Å². The van der Waals surface area contributed by atoms with Crippen molar-refractivity contribution in [3.05, 3.63) is 58.6 Å². The minimum absolute atomic E-state index is 0.665. The highest BCUT2D eigenvalue weighted by atomic mass is 35.5. The molecule has 2 nitrogen and oxygen atoms in total. The zero-order valence-electron chi connectivity index (χ0n) is 10.1. The molecule has 0 bridgehead atoms. The molecule has 0 aliphatic rings. The summed E-state index contributed by atoms with van der Waals surface area (Å²) in [5.74, 6) is 0. The van der Waals surface area contributed by atoms with Gasteiger partial charge in [-0.25, -0.2) is 0 Å². The number of benzene rings is 2. The molecule has 90 valence electrons. The van der Waals surface area contributed by atoms with Gasteiger partial charge in [0.25, 0.3) is 0 Å². The minimum Gasteiger partial charge on any atom is -0.316 e. The topological polar surface area (TPSA) is 35.8 Å². The number of halogens is 1. The number of nitrogens with zero attached hydrogens (tertiary/aromatic N) is 1. The third kappa shape index (κ3) is 2.70. The summed E-state index contributed by atoms with van der Waals surface area (Å²) in [4.78, 5) is 0. The first-order valence-electron chi connectivity index (χ1n) is 5.68. The van der Waals surface area contributed by atoms with Crippen LogP contribution in [0.25, 0.3) is 11.1 Å². The highest BCUT2D eigenvalue weighted by Gasteiger charge is 2.06. The molecule has 0 spiro atoms. The zero-order chi connectivity index (χ0) is 13.0. The van der Waals surface area contributed by atoms with E-state index >= 15 is 0 Å². The highest BCUT2D eigenvalue weighted by Crippen LogP contribution is 2.27. The average Bonchev–Trinajstić information content (AvgIpc) is 2.39. The smallest absolute Gasteiger partial charge is 0.0991 e. The second kappa shape index (κ2) is 5.68. The highest BCUT2D eigenvalue weighted by molar-refractivity contribution is 6.30. The van der Waals surface area contributed by atoms with E-state index in [-0.39, 0.29) is 0 Å². The Morgan fingerprint density at radius 1 is 1.22 bits per heavy atom. The molecule has 0 saturated heterocycles. The van der Waals surface area contributed by atoms with E-state index in [0.717, 1.165) is 28.3 Å². The molecule has 3 heteroatoms. The van der Waals surface area contributed by atoms with Gasteiger partial charge < -0.3 is 5.32 Å². The Morgan fingerprint density at radius 2 is 2.06 bits per heavy atom. The van der Waals surface area contributed by atoms with Crippen LogP contribution < -0.4 is 5.32 Å². The molecular formula is C15H13ClN2. The van der Waals surface area contributed by atoms with E-state index in [2.05, 4.69) is 11.4 Å². The average molecular weight is 257 g/mol. The fourth-order valence-corrected chi connectivity index (χ4v) is 2.13. The first-order chi connectivity index (χ1) is 8.74. The summed E-state index contributed by atoms with van der Waals surface area (Å²) in [6, 6.07) is 15.6. The normalized spacial score (nSPS) is 10.1. The molecule has 2 rings (SSSR count). The summed E-state index contributed by atoms with van der Waals surface area (Å²) < 4.78 is 0. The van der Waals surface area contributed by atoms with Gasteiger partial charge in [0.15, 0.2) is 0 Å². The van der Waals surface area contributed by atoms with Gasteiger partial charge in [0.1, 0.15) is 0 Å². The number of rotatable bonds is 3. The summed E-state index contributed by atoms with van der Waals surface area (Å²) in [5.41, 5.74) is 3.93. The molecule has 1 N–H and O–H groups in total. The predicted molar refractivity (Wildman–Crippen MR) is 74.4 cm³/mol. The van der Waals surface area contributed by atoms with Crippen molar-refractivity contribution >= 4 is 11.6 Å². The lowest BCUT2D eigenvalue weighted by molar-refractivity contribution is 0.819. The molecule has 0 unspecified atom stereocenters. The van der Waals surface area contributed by atoms with Gasteiger partial charge in [0.05, 0.1) is 11.6 Å². The van der Waals surface area contributed by atoms with Gasteiger partial charge in [-0.2, -0.15) is 5.26 Å². The van der Waals surface area contributed by atoms with Gasteiger partial charge in [-0.15, -0.1) is 0 Å². The number of nitriles is 1. The van der Waals surface area contributed by atoms with Crippen LogP contribution in [-0.2, 0) is 6.54 Å². The van der Waals surface area contributed by atoms with E-state index in [4.69, 9.17) is 16.9 Å². The first-order valence-corrected chi connectivity index (χ1v) is 6.06. The fraction of sp³-hybridized carbons (Fsp3) is 0.133. The Balaban J connectivity index is 2.52. The van der Waals surface area contributed by atoms with Crippen molar-refractivity contribution in [2.24, 2.45) is 0 Å². The maximum atomic E-state index is 8.94. The van der Waals surface area contributed by atoms with Crippen LogP contribution in [0.3, 0.4) is 0 Å². The third-order valence-corrected chi connectivity index (χ3v) is 2.97. The van der Waals surface area contributed by atoms with E-state index in [9.17, 15) is 0 Å². The van der Waals surface area contributed by atoms with Gasteiger partial charge in [-0.1, -0.05) is 29.8 Å². The standard InChI is InChI=1S/C15H13ClN2/c1-18-10-13-8-14(16)5-6-15(13)12-4-2-3-11(7-12)9-17/h2-8,18H,10H2,1H3. The molecule has 18 heavy (non-hydrogen) atoms. The van der Waals surface area contributed by atoms with E-state index in [1.165, 1.54) is 0 Å². The van der Waals surface area contributed by atoms with E-state index in [0.29, 0.717) is 5.56 Å². The fourth-order valence-electron chi connectivity index (χ4n) is 1.94. The molecule has 0 heterocycles. The summed E-state index contributed by atoms with van der Waals surface area (Å²) in [5, 5.41) is 12.8. The second-order valence-electron chi connectivity index (χ2n) is 4.02. The SMILES string of the molecule is CNCc1cc(Cl)ccc1-c1cccc(C#N)c1. The maximum absolute atomic E-state index is 8.94. The van der Waals surface area contributed by atoms with Gasteiger partial charge in [0, 0.05) is 11.6 Å². The lowest BCUT2D eigenvalue weighted by atomic mass is 9.98. The van der Waals surface area contributed by atoms with E-state index in [1.54, 1.807) is 6.07 Å². The van der Waals surface area contributed by atoms with Crippen LogP contribution in [0.5, 0.6) is 0 Å². The summed E-state index contributed by atoms with van der Waals surface area (Å²) in [6.07, 6.45) is 0. The minimum atomic E-state index is 0.665. The van der Waals surface area contributed by atoms with Crippen molar-refractivity contribution in [1.82, 2.24) is 5.32 Å². The largest absolute Gasteiger partial charge is 0.316 e. The Kier molecular flexibility index (Phi) is 3.99. The lowest BCUT2D eigenvalue weighted by Gasteiger charge is -2.10. The lowest BCUT2D eigenvalue weighted by Crippen LogP contribution is -2.06. The maximum Gasteiger partial charge on any atom is 0.0991 e. The molecular weight excluding hydrogens is 244 g/mol. The van der Waals surface area contributed by atoms with Crippen LogP contribution in [0.2, 0.25) is 5.02 Å². The van der Waals surface area contributed by atoms with Crippen molar-refractivity contribution in [2.45, 2.75) is 6.54 Å². The van der Waals surface area contributed by atoms with Crippen LogP contribution in [-0.4, -0.2) is 7.05 Å². The van der Waals surface area contributed by atoms with E-state index in [1.807, 2.05) is 43.4 Å². The Bertz CT molecular complexity index is 600. The number of hydrogen-bond donors (Lipinski definition) is 1. The molecule has 0 aromatic heterocycles. The quantitative estimate of drug-likeness (QED) is 0.911. The van der Waals surface area contributed by atoms with Crippen molar-refractivity contribution in [3.63, 3.8) is 0 Å². The Hall–Kier alpha value is -1.82. The summed E-state index contributed by atoms with van der Waals surface area (Å²) >= 11 is 6.02. The predicted octanol–water partition coefficient (Wildman–Crippen LogP) is 3.60. The molecule has 0 aliphatic carbocycles. The molecule has 0 amide bonds. The van der Waals surface area contributed by atoms with Crippen molar-refractivity contribution in [2.75, 3.05) is 7.05 Å². The van der Waals surface area contributed by atoms with Gasteiger partial charge in [-0.05, 0) is 48.0 Å². The van der Waals surface area contributed by atoms with Crippen LogP contribution in [0.4, 0.5) is 0 Å². The molecule has 2 aromatic rings. The van der Waals surface area contributed by atoms with Gasteiger partial charge in [-0.3, -0.25) is 0 Å².